The van der Waals surface area contributed by atoms with Gasteiger partial charge in [-0.05, 0) is 54.9 Å². The summed E-state index contributed by atoms with van der Waals surface area (Å²) in [7, 11) is 1.53. The maximum Gasteiger partial charge on any atom is 0.435 e. The molecule has 26 heavy (non-hydrogen) atoms. The standard InChI is InChI=1S/C20H24F3N3/c1-3-13-6-8-17(13)26-10-4-5-15-11-14(7-9-18(15)26)16-12-25(2)24-19(16)20(21,22)23/h7,9,11-13,17H,3-6,8,10H2,1-2H3/t13-,17?/m1/s1. The molecule has 4 rings (SSSR count). The van der Waals surface area contributed by atoms with Gasteiger partial charge in [0, 0.05) is 37.1 Å². The highest BCUT2D eigenvalue weighted by atomic mass is 19.4. The maximum absolute atomic E-state index is 13.3. The summed E-state index contributed by atoms with van der Waals surface area (Å²) in [5.41, 5.74) is 2.33. The lowest BCUT2D eigenvalue weighted by Gasteiger charge is -2.47. The van der Waals surface area contributed by atoms with Gasteiger partial charge in [0.25, 0.3) is 0 Å². The Bertz CT molecular complexity index is 807. The molecule has 1 aliphatic heterocycles. The summed E-state index contributed by atoms with van der Waals surface area (Å²) in [6.45, 7) is 3.29. The van der Waals surface area contributed by atoms with Gasteiger partial charge in [0.15, 0.2) is 5.69 Å². The van der Waals surface area contributed by atoms with Gasteiger partial charge in [0.05, 0.1) is 0 Å². The first kappa shape index (κ1) is 17.4. The van der Waals surface area contributed by atoms with Crippen molar-refractivity contribution in [2.24, 2.45) is 13.0 Å². The lowest BCUT2D eigenvalue weighted by molar-refractivity contribution is -0.140. The first-order valence-corrected chi connectivity index (χ1v) is 9.39. The van der Waals surface area contributed by atoms with Crippen LogP contribution in [-0.2, 0) is 19.6 Å². The molecule has 2 heterocycles. The van der Waals surface area contributed by atoms with Gasteiger partial charge in [-0.3, -0.25) is 4.68 Å². The van der Waals surface area contributed by atoms with Crippen LogP contribution in [0.15, 0.2) is 24.4 Å². The van der Waals surface area contributed by atoms with Gasteiger partial charge in [0.2, 0.25) is 0 Å². The number of alkyl halides is 3. The Kier molecular flexibility index (Phi) is 4.24. The van der Waals surface area contributed by atoms with E-state index in [0.717, 1.165) is 30.9 Å². The SMILES string of the molecule is CC[C@@H]1CCC1N1CCCc2cc(-c3cn(C)nc3C(F)(F)F)ccc21. The lowest BCUT2D eigenvalue weighted by Crippen LogP contribution is -2.49. The van der Waals surface area contributed by atoms with Crippen LogP contribution < -0.4 is 4.90 Å². The van der Waals surface area contributed by atoms with Crippen molar-refractivity contribution < 1.29 is 13.2 Å². The largest absolute Gasteiger partial charge is 0.435 e. The highest BCUT2D eigenvalue weighted by Crippen LogP contribution is 2.42. The van der Waals surface area contributed by atoms with Crippen LogP contribution in [0, 0.1) is 5.92 Å². The third-order valence-corrected chi connectivity index (χ3v) is 5.94. The zero-order valence-electron chi connectivity index (χ0n) is 15.2. The van der Waals surface area contributed by atoms with E-state index in [1.165, 1.54) is 42.9 Å². The van der Waals surface area contributed by atoms with Crippen molar-refractivity contribution in [3.8, 4) is 11.1 Å². The molecule has 2 atom stereocenters. The Labute approximate surface area is 151 Å². The number of anilines is 1. The average molecular weight is 363 g/mol. The zero-order chi connectivity index (χ0) is 18.5. The number of hydrogen-bond acceptors (Lipinski definition) is 2. The highest BCUT2D eigenvalue weighted by Gasteiger charge is 2.38. The fraction of sp³-hybridized carbons (Fsp3) is 0.550. The molecule has 2 aromatic rings. The first-order valence-electron chi connectivity index (χ1n) is 9.39. The Hall–Kier alpha value is -1.98. The van der Waals surface area contributed by atoms with Gasteiger partial charge in [-0.25, -0.2) is 0 Å². The van der Waals surface area contributed by atoms with Crippen molar-refractivity contribution in [2.45, 2.75) is 51.2 Å². The molecule has 1 unspecified atom stereocenters. The number of halogens is 3. The van der Waals surface area contributed by atoms with Crippen molar-refractivity contribution in [1.29, 1.82) is 0 Å². The number of aromatic nitrogens is 2. The average Bonchev–Trinajstić information content (AvgIpc) is 2.96. The predicted molar refractivity (Wildman–Crippen MR) is 96.1 cm³/mol. The molecule has 2 aliphatic rings. The molecule has 0 bridgehead atoms. The number of hydrogen-bond donors (Lipinski definition) is 0. The highest BCUT2D eigenvalue weighted by molar-refractivity contribution is 5.71. The van der Waals surface area contributed by atoms with Crippen LogP contribution in [0.2, 0.25) is 0 Å². The minimum atomic E-state index is -4.45. The van der Waals surface area contributed by atoms with Crippen LogP contribution >= 0.6 is 0 Å². The summed E-state index contributed by atoms with van der Waals surface area (Å²) in [5.74, 6) is 0.746. The van der Waals surface area contributed by atoms with Gasteiger partial charge in [-0.2, -0.15) is 18.3 Å². The van der Waals surface area contributed by atoms with Gasteiger partial charge in [-0.15, -0.1) is 0 Å². The monoisotopic (exact) mass is 363 g/mol. The topological polar surface area (TPSA) is 21.1 Å². The second kappa shape index (κ2) is 6.32. The van der Waals surface area contributed by atoms with Crippen LogP contribution in [0.1, 0.15) is 43.9 Å². The molecule has 0 N–H and O–H groups in total. The molecule has 3 nitrogen and oxygen atoms in total. The van der Waals surface area contributed by atoms with Gasteiger partial charge < -0.3 is 4.90 Å². The van der Waals surface area contributed by atoms with E-state index in [4.69, 9.17) is 0 Å². The van der Waals surface area contributed by atoms with Gasteiger partial charge >= 0.3 is 6.18 Å². The van der Waals surface area contributed by atoms with Crippen LogP contribution in [0.25, 0.3) is 11.1 Å². The zero-order valence-corrected chi connectivity index (χ0v) is 15.2. The normalized spacial score (nSPS) is 22.9. The fourth-order valence-corrected chi connectivity index (χ4v) is 4.49. The van der Waals surface area contributed by atoms with E-state index in [1.54, 1.807) is 0 Å². The van der Waals surface area contributed by atoms with E-state index in [2.05, 4.69) is 16.9 Å². The maximum atomic E-state index is 13.3. The molecule has 0 spiro atoms. The third-order valence-electron chi connectivity index (χ3n) is 5.94. The van der Waals surface area contributed by atoms with Crippen LogP contribution in [0.4, 0.5) is 18.9 Å². The van der Waals surface area contributed by atoms with E-state index >= 15 is 0 Å². The van der Waals surface area contributed by atoms with E-state index in [9.17, 15) is 13.2 Å². The quantitative estimate of drug-likeness (QED) is 0.761. The first-order chi connectivity index (χ1) is 12.4. The summed E-state index contributed by atoms with van der Waals surface area (Å²) in [6, 6.07) is 6.37. The van der Waals surface area contributed by atoms with Gasteiger partial charge in [0.1, 0.15) is 0 Å². The van der Waals surface area contributed by atoms with E-state index < -0.39 is 11.9 Å². The van der Waals surface area contributed by atoms with E-state index in [0.29, 0.717) is 11.6 Å². The van der Waals surface area contributed by atoms with Crippen LogP contribution in [-0.4, -0.2) is 22.4 Å². The Morgan fingerprint density at radius 2 is 2.04 bits per heavy atom. The molecule has 1 aromatic carbocycles. The van der Waals surface area contributed by atoms with Crippen molar-refractivity contribution in [3.05, 3.63) is 35.7 Å². The summed E-state index contributed by atoms with van der Waals surface area (Å²) >= 11 is 0. The molecule has 140 valence electrons. The van der Waals surface area contributed by atoms with Crippen molar-refractivity contribution >= 4 is 5.69 Å². The second-order valence-corrected chi connectivity index (χ2v) is 7.52. The molecule has 0 radical (unpaired) electrons. The minimum absolute atomic E-state index is 0.162. The van der Waals surface area contributed by atoms with E-state index in [1.807, 2.05) is 18.2 Å². The fourth-order valence-electron chi connectivity index (χ4n) is 4.49. The number of aryl methyl sites for hydroxylation is 2. The lowest BCUT2D eigenvalue weighted by atomic mass is 9.76. The predicted octanol–water partition coefficient (Wildman–Crippen LogP) is 5.05. The summed E-state index contributed by atoms with van der Waals surface area (Å²) < 4.78 is 41.2. The molecule has 0 amide bonds. The second-order valence-electron chi connectivity index (χ2n) is 7.52. The Morgan fingerprint density at radius 3 is 2.69 bits per heavy atom. The molecule has 1 aliphatic carbocycles. The van der Waals surface area contributed by atoms with Crippen LogP contribution in [0.5, 0.6) is 0 Å². The number of benzene rings is 1. The molecular formula is C20H24F3N3. The number of rotatable bonds is 3. The molecular weight excluding hydrogens is 339 g/mol. The van der Waals surface area contributed by atoms with Gasteiger partial charge in [-0.1, -0.05) is 19.4 Å². The number of fused-ring (bicyclic) bond motifs is 1. The van der Waals surface area contributed by atoms with Crippen molar-refractivity contribution in [2.75, 3.05) is 11.4 Å². The van der Waals surface area contributed by atoms with Crippen molar-refractivity contribution in [3.63, 3.8) is 0 Å². The summed E-state index contributed by atoms with van der Waals surface area (Å²) in [5, 5.41) is 3.64. The molecule has 1 fully saturated rings. The Morgan fingerprint density at radius 1 is 1.23 bits per heavy atom. The number of nitrogens with zero attached hydrogens (tertiary/aromatic N) is 3. The van der Waals surface area contributed by atoms with Crippen molar-refractivity contribution in [1.82, 2.24) is 9.78 Å². The van der Waals surface area contributed by atoms with E-state index in [-0.39, 0.29) is 5.56 Å². The summed E-state index contributed by atoms with van der Waals surface area (Å²) in [6.07, 6.45) is 2.70. The third kappa shape index (κ3) is 2.89. The minimum Gasteiger partial charge on any atom is -0.368 e. The summed E-state index contributed by atoms with van der Waals surface area (Å²) in [4.78, 5) is 2.49. The Balaban J connectivity index is 1.70. The van der Waals surface area contributed by atoms with Crippen LogP contribution in [0.3, 0.4) is 0 Å². The molecule has 1 saturated carbocycles. The molecule has 1 aromatic heterocycles. The molecule has 6 heteroatoms. The molecule has 0 saturated heterocycles. The smallest absolute Gasteiger partial charge is 0.368 e.